The summed E-state index contributed by atoms with van der Waals surface area (Å²) in [6, 6.07) is 11.3. The molecular formula is C17H17N5O2. The Hall–Kier alpha value is -2.96. The van der Waals surface area contributed by atoms with Crippen molar-refractivity contribution < 1.29 is 4.92 Å². The quantitative estimate of drug-likeness (QED) is 0.590. The summed E-state index contributed by atoms with van der Waals surface area (Å²) < 4.78 is 0. The number of aromatic nitrogens is 3. The van der Waals surface area contributed by atoms with Gasteiger partial charge in [-0.2, -0.15) is 0 Å². The Morgan fingerprint density at radius 2 is 2.12 bits per heavy atom. The second kappa shape index (κ2) is 5.92. The number of hydrogen-bond acceptors (Lipinski definition) is 5. The normalized spacial score (nSPS) is 18.0. The van der Waals surface area contributed by atoms with Crippen LogP contribution in [-0.2, 0) is 0 Å². The molecule has 0 spiro atoms. The monoisotopic (exact) mass is 323 g/mol. The first-order chi connectivity index (χ1) is 11.7. The number of rotatable bonds is 3. The van der Waals surface area contributed by atoms with Crippen LogP contribution in [0.2, 0.25) is 0 Å². The summed E-state index contributed by atoms with van der Waals surface area (Å²) in [5, 5.41) is 10.8. The Morgan fingerprint density at radius 3 is 2.88 bits per heavy atom. The third-order valence-electron chi connectivity index (χ3n) is 4.48. The molecule has 0 aliphatic carbocycles. The first-order valence-electron chi connectivity index (χ1n) is 8.01. The number of H-pyrrole nitrogens is 1. The van der Waals surface area contributed by atoms with Gasteiger partial charge in [-0.25, -0.2) is 9.97 Å². The molecule has 7 nitrogen and oxygen atoms in total. The molecule has 0 radical (unpaired) electrons. The molecule has 1 fully saturated rings. The van der Waals surface area contributed by atoms with Crippen molar-refractivity contribution in [1.82, 2.24) is 15.0 Å². The molecule has 0 bridgehead atoms. The lowest BCUT2D eigenvalue weighted by atomic mass is 9.97. The molecule has 3 heterocycles. The van der Waals surface area contributed by atoms with Crippen LogP contribution in [0.1, 0.15) is 24.6 Å². The number of para-hydroxylation sites is 2. The van der Waals surface area contributed by atoms with Gasteiger partial charge in [0.1, 0.15) is 17.8 Å². The zero-order valence-corrected chi connectivity index (χ0v) is 13.1. The first-order valence-corrected chi connectivity index (χ1v) is 8.01. The highest BCUT2D eigenvalue weighted by Gasteiger charge is 2.25. The fourth-order valence-electron chi connectivity index (χ4n) is 3.25. The van der Waals surface area contributed by atoms with Crippen LogP contribution in [0.25, 0.3) is 11.0 Å². The van der Waals surface area contributed by atoms with Gasteiger partial charge in [0.2, 0.25) is 0 Å². The van der Waals surface area contributed by atoms with E-state index in [1.165, 1.54) is 12.3 Å². The van der Waals surface area contributed by atoms with E-state index in [4.69, 9.17) is 4.98 Å². The second-order valence-corrected chi connectivity index (χ2v) is 6.06. The van der Waals surface area contributed by atoms with Gasteiger partial charge in [-0.1, -0.05) is 12.1 Å². The fraction of sp³-hybridized carbons (Fsp3) is 0.294. The molecule has 1 aromatic carbocycles. The standard InChI is InChI=1S/C17H17N5O2/c23-22(24)13-7-8-16(18-10-13)21-9-3-4-12(11-21)17-19-14-5-1-2-6-15(14)20-17/h1-2,5-8,10,12H,3-4,9,11H2,(H,19,20)/t12-/m1/s1. The molecule has 7 heteroatoms. The molecule has 0 amide bonds. The van der Waals surface area contributed by atoms with Gasteiger partial charge in [0.25, 0.3) is 5.69 Å². The molecule has 1 N–H and O–H groups in total. The van der Waals surface area contributed by atoms with E-state index < -0.39 is 4.92 Å². The van der Waals surface area contributed by atoms with E-state index in [-0.39, 0.29) is 5.69 Å². The maximum atomic E-state index is 10.8. The molecule has 1 aliphatic heterocycles. The summed E-state index contributed by atoms with van der Waals surface area (Å²) in [6.45, 7) is 1.71. The lowest BCUT2D eigenvalue weighted by Gasteiger charge is -2.32. The highest BCUT2D eigenvalue weighted by atomic mass is 16.6. The zero-order valence-electron chi connectivity index (χ0n) is 13.1. The van der Waals surface area contributed by atoms with Gasteiger partial charge in [0, 0.05) is 25.1 Å². The van der Waals surface area contributed by atoms with Gasteiger partial charge in [-0.15, -0.1) is 0 Å². The van der Waals surface area contributed by atoms with Crippen molar-refractivity contribution in [1.29, 1.82) is 0 Å². The van der Waals surface area contributed by atoms with Crippen LogP contribution in [0.4, 0.5) is 11.5 Å². The molecule has 1 atom stereocenters. The number of imidazole rings is 1. The molecule has 2 aromatic heterocycles. The van der Waals surface area contributed by atoms with Gasteiger partial charge in [-0.3, -0.25) is 10.1 Å². The van der Waals surface area contributed by atoms with Crippen LogP contribution in [0, 0.1) is 10.1 Å². The van der Waals surface area contributed by atoms with Crippen LogP contribution in [-0.4, -0.2) is 33.0 Å². The van der Waals surface area contributed by atoms with E-state index in [0.717, 1.165) is 48.6 Å². The molecular weight excluding hydrogens is 306 g/mol. The summed E-state index contributed by atoms with van der Waals surface area (Å²) in [6.07, 6.45) is 3.43. The number of piperidine rings is 1. The SMILES string of the molecule is O=[N+]([O-])c1ccc(N2CCC[C@@H](c3nc4ccccc4[nH]3)C2)nc1. The number of anilines is 1. The predicted octanol–water partition coefficient (Wildman–Crippen LogP) is 3.25. The van der Waals surface area contributed by atoms with E-state index in [1.54, 1.807) is 6.07 Å². The van der Waals surface area contributed by atoms with Crippen LogP contribution in [0.3, 0.4) is 0 Å². The number of pyridine rings is 1. The van der Waals surface area contributed by atoms with Crippen molar-refractivity contribution in [3.05, 3.63) is 58.5 Å². The Balaban J connectivity index is 1.55. The summed E-state index contributed by atoms with van der Waals surface area (Å²) in [4.78, 5) is 24.9. The Morgan fingerprint density at radius 1 is 1.25 bits per heavy atom. The summed E-state index contributed by atoms with van der Waals surface area (Å²) in [5.41, 5.74) is 2.06. The van der Waals surface area contributed by atoms with Crippen molar-refractivity contribution in [3.63, 3.8) is 0 Å². The average molecular weight is 323 g/mol. The Kier molecular flexibility index (Phi) is 3.60. The number of benzene rings is 1. The minimum atomic E-state index is -0.426. The van der Waals surface area contributed by atoms with E-state index in [2.05, 4.69) is 14.9 Å². The van der Waals surface area contributed by atoms with Gasteiger partial charge in [0.15, 0.2) is 0 Å². The first kappa shape index (κ1) is 14.6. The van der Waals surface area contributed by atoms with E-state index in [1.807, 2.05) is 24.3 Å². The van der Waals surface area contributed by atoms with Gasteiger partial charge in [0.05, 0.1) is 16.0 Å². The molecule has 0 saturated carbocycles. The summed E-state index contributed by atoms with van der Waals surface area (Å²) >= 11 is 0. The highest BCUT2D eigenvalue weighted by molar-refractivity contribution is 5.74. The van der Waals surface area contributed by atoms with Crippen molar-refractivity contribution in [2.75, 3.05) is 18.0 Å². The minimum absolute atomic E-state index is 0.0181. The van der Waals surface area contributed by atoms with Crippen molar-refractivity contribution in [2.24, 2.45) is 0 Å². The maximum absolute atomic E-state index is 10.8. The molecule has 4 rings (SSSR count). The lowest BCUT2D eigenvalue weighted by molar-refractivity contribution is -0.385. The third-order valence-corrected chi connectivity index (χ3v) is 4.48. The fourth-order valence-corrected chi connectivity index (χ4v) is 3.25. The van der Waals surface area contributed by atoms with E-state index in [9.17, 15) is 10.1 Å². The van der Waals surface area contributed by atoms with Crippen LogP contribution in [0.5, 0.6) is 0 Å². The van der Waals surface area contributed by atoms with Crippen LogP contribution >= 0.6 is 0 Å². The van der Waals surface area contributed by atoms with Gasteiger partial charge < -0.3 is 9.88 Å². The summed E-state index contributed by atoms with van der Waals surface area (Å²) in [7, 11) is 0. The van der Waals surface area contributed by atoms with E-state index in [0.29, 0.717) is 5.92 Å². The predicted molar refractivity (Wildman–Crippen MR) is 91.2 cm³/mol. The number of nitrogens with one attached hydrogen (secondary N) is 1. The number of aromatic amines is 1. The van der Waals surface area contributed by atoms with Gasteiger partial charge in [-0.05, 0) is 31.0 Å². The molecule has 24 heavy (non-hydrogen) atoms. The molecule has 0 unspecified atom stereocenters. The van der Waals surface area contributed by atoms with E-state index >= 15 is 0 Å². The Labute approximate surface area is 138 Å². The minimum Gasteiger partial charge on any atom is -0.356 e. The van der Waals surface area contributed by atoms with Crippen molar-refractivity contribution in [3.8, 4) is 0 Å². The average Bonchev–Trinajstić information content (AvgIpc) is 3.06. The highest BCUT2D eigenvalue weighted by Crippen LogP contribution is 2.29. The maximum Gasteiger partial charge on any atom is 0.287 e. The van der Waals surface area contributed by atoms with Crippen molar-refractivity contribution in [2.45, 2.75) is 18.8 Å². The lowest BCUT2D eigenvalue weighted by Crippen LogP contribution is -2.35. The summed E-state index contributed by atoms with van der Waals surface area (Å²) in [5.74, 6) is 2.09. The van der Waals surface area contributed by atoms with Gasteiger partial charge >= 0.3 is 0 Å². The third kappa shape index (κ3) is 2.68. The number of hydrogen-bond donors (Lipinski definition) is 1. The van der Waals surface area contributed by atoms with Crippen molar-refractivity contribution >= 4 is 22.5 Å². The second-order valence-electron chi connectivity index (χ2n) is 6.06. The van der Waals surface area contributed by atoms with Crippen LogP contribution in [0.15, 0.2) is 42.6 Å². The molecule has 122 valence electrons. The largest absolute Gasteiger partial charge is 0.356 e. The smallest absolute Gasteiger partial charge is 0.287 e. The molecule has 3 aromatic rings. The number of fused-ring (bicyclic) bond motifs is 1. The topological polar surface area (TPSA) is 88.0 Å². The molecule has 1 saturated heterocycles. The zero-order chi connectivity index (χ0) is 16.5. The molecule has 1 aliphatic rings. The number of nitrogens with zero attached hydrogens (tertiary/aromatic N) is 4. The van der Waals surface area contributed by atoms with Crippen LogP contribution < -0.4 is 4.90 Å². The number of nitro groups is 1. The Bertz CT molecular complexity index is 841.